The zero-order valence-corrected chi connectivity index (χ0v) is 18.9. The van der Waals surface area contributed by atoms with Gasteiger partial charge >= 0.3 is 5.97 Å². The third kappa shape index (κ3) is 4.68. The minimum absolute atomic E-state index is 0.000905. The molecule has 1 aromatic carbocycles. The van der Waals surface area contributed by atoms with E-state index in [9.17, 15) is 9.59 Å². The summed E-state index contributed by atoms with van der Waals surface area (Å²) in [6, 6.07) is 7.59. The predicted octanol–water partition coefficient (Wildman–Crippen LogP) is 2.51. The topological polar surface area (TPSA) is 112 Å². The summed E-state index contributed by atoms with van der Waals surface area (Å²) in [7, 11) is 1.63. The molecule has 1 spiro atoms. The second-order valence-electron chi connectivity index (χ2n) is 9.02. The highest BCUT2D eigenvalue weighted by atomic mass is 16.6. The summed E-state index contributed by atoms with van der Waals surface area (Å²) < 4.78 is 11.2. The number of nitrogens with zero attached hydrogens (tertiary/aromatic N) is 2. The van der Waals surface area contributed by atoms with E-state index in [-0.39, 0.29) is 24.5 Å². The molecule has 1 aromatic heterocycles. The maximum Gasteiger partial charge on any atom is 0.312 e. The van der Waals surface area contributed by atoms with Crippen LogP contribution >= 0.6 is 0 Å². The molecule has 3 aliphatic rings. The number of cyclic esters (lactones) is 1. The number of likely N-dealkylation sites (tertiary alicyclic amines) is 2. The van der Waals surface area contributed by atoms with Gasteiger partial charge in [-0.3, -0.25) is 19.3 Å². The van der Waals surface area contributed by atoms with Crippen LogP contribution in [-0.2, 0) is 14.3 Å². The molecule has 3 aliphatic heterocycles. The number of hydrogen-bond acceptors (Lipinski definition) is 6. The van der Waals surface area contributed by atoms with Gasteiger partial charge in [0.1, 0.15) is 17.5 Å². The molecule has 2 aromatic rings. The summed E-state index contributed by atoms with van der Waals surface area (Å²) >= 11 is 0. The first kappa shape index (κ1) is 23.1. The number of fused-ring (bicyclic) bond motifs is 1. The van der Waals surface area contributed by atoms with E-state index >= 15 is 0 Å². The molecule has 9 heteroatoms. The number of ether oxygens (including phenoxy) is 2. The van der Waals surface area contributed by atoms with Gasteiger partial charge in [0.15, 0.2) is 0 Å². The maximum absolute atomic E-state index is 13.1. The Balaban J connectivity index is 0.000000821. The van der Waals surface area contributed by atoms with E-state index < -0.39 is 5.41 Å². The molecule has 1 atom stereocenters. The Morgan fingerprint density at radius 2 is 1.97 bits per heavy atom. The van der Waals surface area contributed by atoms with E-state index in [0.29, 0.717) is 31.6 Å². The van der Waals surface area contributed by atoms with E-state index in [4.69, 9.17) is 19.4 Å². The van der Waals surface area contributed by atoms with Gasteiger partial charge in [0.25, 0.3) is 12.4 Å². The number of aromatic nitrogens is 1. The molecule has 3 saturated heterocycles. The Labute approximate surface area is 192 Å². The number of benzene rings is 1. The Hall–Kier alpha value is -3.07. The molecule has 0 aliphatic carbocycles. The van der Waals surface area contributed by atoms with Crippen LogP contribution in [0.15, 0.2) is 24.3 Å². The quantitative estimate of drug-likeness (QED) is 0.536. The molecule has 33 heavy (non-hydrogen) atoms. The predicted molar refractivity (Wildman–Crippen MR) is 121 cm³/mol. The molecule has 1 unspecified atom stereocenters. The summed E-state index contributed by atoms with van der Waals surface area (Å²) in [5, 5.41) is 7.79. The zero-order valence-electron chi connectivity index (χ0n) is 18.9. The van der Waals surface area contributed by atoms with Crippen molar-refractivity contribution in [3.05, 3.63) is 30.0 Å². The SMILES string of the molecule is COc1cccc2[nH]c(C(=O)N3CCC4(CC3)CC(CN3CCCC3)OC4=O)cc12.O=CO. The van der Waals surface area contributed by atoms with Crippen molar-refractivity contribution in [2.45, 2.75) is 38.2 Å². The van der Waals surface area contributed by atoms with Gasteiger partial charge in [-0.2, -0.15) is 0 Å². The number of amides is 1. The average Bonchev–Trinajstić information content (AvgIpc) is 3.54. The van der Waals surface area contributed by atoms with Crippen LogP contribution in [0.1, 0.15) is 42.6 Å². The number of esters is 1. The highest BCUT2D eigenvalue weighted by Crippen LogP contribution is 2.43. The van der Waals surface area contributed by atoms with Crippen molar-refractivity contribution >= 4 is 29.3 Å². The first-order chi connectivity index (χ1) is 16.0. The number of hydrogen-bond donors (Lipinski definition) is 2. The summed E-state index contributed by atoms with van der Waals surface area (Å²) in [6.45, 7) is 3.98. The highest BCUT2D eigenvalue weighted by Gasteiger charge is 2.51. The van der Waals surface area contributed by atoms with Crippen molar-refractivity contribution in [2.75, 3.05) is 39.8 Å². The molecule has 2 N–H and O–H groups in total. The van der Waals surface area contributed by atoms with E-state index in [1.165, 1.54) is 12.8 Å². The lowest BCUT2D eigenvalue weighted by Crippen LogP contribution is -2.45. The van der Waals surface area contributed by atoms with E-state index in [2.05, 4.69) is 9.88 Å². The molecule has 9 nitrogen and oxygen atoms in total. The first-order valence-electron chi connectivity index (χ1n) is 11.5. The molecule has 0 radical (unpaired) electrons. The first-order valence-corrected chi connectivity index (χ1v) is 11.5. The van der Waals surface area contributed by atoms with Gasteiger partial charge in [0.05, 0.1) is 12.5 Å². The number of aromatic amines is 1. The molecule has 178 valence electrons. The lowest BCUT2D eigenvalue weighted by molar-refractivity contribution is -0.151. The van der Waals surface area contributed by atoms with Crippen LogP contribution in [0.25, 0.3) is 10.9 Å². The molecule has 5 rings (SSSR count). The van der Waals surface area contributed by atoms with Gasteiger partial charge in [-0.1, -0.05) is 6.07 Å². The summed E-state index contributed by atoms with van der Waals surface area (Å²) in [5.41, 5.74) is 1.03. The Morgan fingerprint density at radius 3 is 2.64 bits per heavy atom. The minimum Gasteiger partial charge on any atom is -0.496 e. The number of carboxylic acid groups (broad SMARTS) is 1. The molecule has 0 bridgehead atoms. The Bertz CT molecular complexity index is 1000. The maximum atomic E-state index is 13.1. The largest absolute Gasteiger partial charge is 0.496 e. The summed E-state index contributed by atoms with van der Waals surface area (Å²) in [6.07, 6.45) is 4.62. The third-order valence-corrected chi connectivity index (χ3v) is 7.07. The van der Waals surface area contributed by atoms with Gasteiger partial charge < -0.3 is 24.5 Å². The number of H-pyrrole nitrogens is 1. The fourth-order valence-electron chi connectivity index (χ4n) is 5.33. The Morgan fingerprint density at radius 1 is 1.27 bits per heavy atom. The van der Waals surface area contributed by atoms with Crippen molar-refractivity contribution in [3.63, 3.8) is 0 Å². The lowest BCUT2D eigenvalue weighted by Gasteiger charge is -2.36. The average molecular weight is 458 g/mol. The molecule has 1 amide bonds. The van der Waals surface area contributed by atoms with Crippen LogP contribution < -0.4 is 4.74 Å². The second kappa shape index (κ2) is 9.82. The minimum atomic E-state index is -0.412. The van der Waals surface area contributed by atoms with E-state index in [1.54, 1.807) is 7.11 Å². The normalized spacial score (nSPS) is 22.2. The van der Waals surface area contributed by atoms with Crippen LogP contribution in [0.5, 0.6) is 5.75 Å². The number of piperidine rings is 1. The van der Waals surface area contributed by atoms with Gasteiger partial charge in [-0.15, -0.1) is 0 Å². The second-order valence-corrected chi connectivity index (χ2v) is 9.02. The van der Waals surface area contributed by atoms with Crippen molar-refractivity contribution in [3.8, 4) is 5.75 Å². The van der Waals surface area contributed by atoms with Crippen LogP contribution in [0.2, 0.25) is 0 Å². The molecular weight excluding hydrogens is 426 g/mol. The number of nitrogens with one attached hydrogen (secondary N) is 1. The Kier molecular flexibility index (Phi) is 6.88. The van der Waals surface area contributed by atoms with Crippen molar-refractivity contribution in [2.24, 2.45) is 5.41 Å². The highest BCUT2D eigenvalue weighted by molar-refractivity contribution is 5.99. The fourth-order valence-corrected chi connectivity index (χ4v) is 5.33. The number of methoxy groups -OCH3 is 1. The van der Waals surface area contributed by atoms with Crippen LogP contribution in [0.4, 0.5) is 0 Å². The summed E-state index contributed by atoms with van der Waals surface area (Å²) in [4.78, 5) is 41.6. The molecule has 3 fully saturated rings. The van der Waals surface area contributed by atoms with Crippen molar-refractivity contribution < 1.29 is 29.0 Å². The summed E-state index contributed by atoms with van der Waals surface area (Å²) in [5.74, 6) is 0.662. The van der Waals surface area contributed by atoms with Crippen molar-refractivity contribution in [1.29, 1.82) is 0 Å². The molecular formula is C24H31N3O6. The fraction of sp³-hybridized carbons (Fsp3) is 0.542. The van der Waals surface area contributed by atoms with Crippen LogP contribution in [0, 0.1) is 5.41 Å². The zero-order chi connectivity index (χ0) is 23.4. The van der Waals surface area contributed by atoms with Gasteiger partial charge in [0.2, 0.25) is 0 Å². The number of carbonyl (C=O) groups is 3. The smallest absolute Gasteiger partial charge is 0.312 e. The van der Waals surface area contributed by atoms with Crippen molar-refractivity contribution in [1.82, 2.24) is 14.8 Å². The van der Waals surface area contributed by atoms with Crippen LogP contribution in [-0.4, -0.2) is 84.2 Å². The standard InChI is InChI=1S/C23H29N3O4.CH2O2/c1-29-20-6-4-5-18-17(20)13-19(24-18)21(27)26-11-7-23(8-12-26)14-16(30-22(23)28)15-25-9-2-3-10-25;2-1-3/h4-6,13,16,24H,2-3,7-12,14-15H2,1H3;1H,(H,2,3). The molecule has 0 saturated carbocycles. The van der Waals surface area contributed by atoms with E-state index in [0.717, 1.165) is 42.7 Å². The molecule has 4 heterocycles. The van der Waals surface area contributed by atoms with Crippen LogP contribution in [0.3, 0.4) is 0 Å². The van der Waals surface area contributed by atoms with E-state index in [1.807, 2.05) is 29.2 Å². The van der Waals surface area contributed by atoms with Gasteiger partial charge in [-0.05, 0) is 57.0 Å². The lowest BCUT2D eigenvalue weighted by atomic mass is 9.76. The number of rotatable bonds is 4. The van der Waals surface area contributed by atoms with Gasteiger partial charge in [0, 0.05) is 37.0 Å². The van der Waals surface area contributed by atoms with Gasteiger partial charge in [-0.25, -0.2) is 0 Å². The third-order valence-electron chi connectivity index (χ3n) is 7.07. The monoisotopic (exact) mass is 457 g/mol. The number of carbonyl (C=O) groups excluding carboxylic acids is 2.